The summed E-state index contributed by atoms with van der Waals surface area (Å²) in [6.07, 6.45) is 1.97. The fourth-order valence-electron chi connectivity index (χ4n) is 1.65. The number of nitrogens with zero attached hydrogens (tertiary/aromatic N) is 2. The quantitative estimate of drug-likeness (QED) is 0.815. The molecule has 1 aromatic heterocycles. The molecule has 94 valence electrons. The van der Waals surface area contributed by atoms with Gasteiger partial charge in [-0.05, 0) is 19.1 Å². The van der Waals surface area contributed by atoms with Gasteiger partial charge in [0.1, 0.15) is 6.04 Å². The molecule has 1 atom stereocenters. The lowest BCUT2D eigenvalue weighted by molar-refractivity contribution is -0.144. The van der Waals surface area contributed by atoms with Crippen molar-refractivity contribution in [2.45, 2.75) is 19.4 Å². The molecule has 2 N–H and O–H groups in total. The highest BCUT2D eigenvalue weighted by atomic mass is 16.5. The van der Waals surface area contributed by atoms with E-state index in [1.165, 1.54) is 0 Å². The van der Waals surface area contributed by atoms with E-state index < -0.39 is 12.0 Å². The van der Waals surface area contributed by atoms with Crippen LogP contribution in [0.25, 0.3) is 11.0 Å². The zero-order valence-electron chi connectivity index (χ0n) is 10.2. The SMILES string of the molecule is CCOC(=O)C(N)Cc1cnc2ccccc2n1. The first-order chi connectivity index (χ1) is 8.70. The van der Waals surface area contributed by atoms with Gasteiger partial charge in [-0.15, -0.1) is 0 Å². The van der Waals surface area contributed by atoms with E-state index in [4.69, 9.17) is 10.5 Å². The van der Waals surface area contributed by atoms with Gasteiger partial charge in [-0.25, -0.2) is 4.98 Å². The van der Waals surface area contributed by atoms with Gasteiger partial charge in [0, 0.05) is 12.6 Å². The Kier molecular flexibility index (Phi) is 3.84. The average molecular weight is 245 g/mol. The Balaban J connectivity index is 2.14. The average Bonchev–Trinajstić information content (AvgIpc) is 2.39. The van der Waals surface area contributed by atoms with Crippen LogP contribution in [0.1, 0.15) is 12.6 Å². The third-order valence-corrected chi connectivity index (χ3v) is 2.52. The highest BCUT2D eigenvalue weighted by molar-refractivity contribution is 5.76. The summed E-state index contributed by atoms with van der Waals surface area (Å²) in [7, 11) is 0. The van der Waals surface area contributed by atoms with Crippen LogP contribution in [0, 0.1) is 0 Å². The van der Waals surface area contributed by atoms with E-state index in [0.29, 0.717) is 18.7 Å². The molecule has 0 fully saturated rings. The van der Waals surface area contributed by atoms with E-state index in [1.54, 1.807) is 13.1 Å². The van der Waals surface area contributed by atoms with Crippen molar-refractivity contribution in [3.63, 3.8) is 0 Å². The number of nitrogens with two attached hydrogens (primary N) is 1. The summed E-state index contributed by atoms with van der Waals surface area (Å²) in [5, 5.41) is 0. The first-order valence-electron chi connectivity index (χ1n) is 5.83. The third kappa shape index (κ3) is 2.81. The summed E-state index contributed by atoms with van der Waals surface area (Å²) < 4.78 is 4.85. The summed E-state index contributed by atoms with van der Waals surface area (Å²) >= 11 is 0. The van der Waals surface area contributed by atoms with Crippen LogP contribution in [0.3, 0.4) is 0 Å². The minimum absolute atomic E-state index is 0.329. The van der Waals surface area contributed by atoms with Crippen molar-refractivity contribution in [3.8, 4) is 0 Å². The molecule has 5 heteroatoms. The van der Waals surface area contributed by atoms with Crippen LogP contribution in [0.15, 0.2) is 30.5 Å². The summed E-state index contributed by atoms with van der Waals surface area (Å²) in [6.45, 7) is 2.08. The molecule has 2 aromatic rings. The number of fused-ring (bicyclic) bond motifs is 1. The number of esters is 1. The zero-order chi connectivity index (χ0) is 13.0. The Bertz CT molecular complexity index is 557. The molecule has 0 bridgehead atoms. The third-order valence-electron chi connectivity index (χ3n) is 2.52. The lowest BCUT2D eigenvalue weighted by atomic mass is 10.1. The zero-order valence-corrected chi connectivity index (χ0v) is 10.2. The van der Waals surface area contributed by atoms with Crippen molar-refractivity contribution >= 4 is 17.0 Å². The second-order valence-corrected chi connectivity index (χ2v) is 3.91. The van der Waals surface area contributed by atoms with Crippen LogP contribution < -0.4 is 5.73 Å². The molecule has 1 unspecified atom stereocenters. The summed E-state index contributed by atoms with van der Waals surface area (Å²) in [5.74, 6) is -0.410. The van der Waals surface area contributed by atoms with Gasteiger partial charge in [0.05, 0.1) is 23.3 Å². The summed E-state index contributed by atoms with van der Waals surface area (Å²) in [6, 6.07) is 6.87. The van der Waals surface area contributed by atoms with E-state index in [1.807, 2.05) is 24.3 Å². The second kappa shape index (κ2) is 5.55. The first-order valence-corrected chi connectivity index (χ1v) is 5.83. The van der Waals surface area contributed by atoms with Crippen molar-refractivity contribution < 1.29 is 9.53 Å². The maximum absolute atomic E-state index is 11.4. The lowest BCUT2D eigenvalue weighted by Crippen LogP contribution is -2.34. The molecule has 1 aromatic carbocycles. The van der Waals surface area contributed by atoms with Crippen molar-refractivity contribution in [2.24, 2.45) is 5.73 Å². The van der Waals surface area contributed by atoms with Crippen LogP contribution in [0.2, 0.25) is 0 Å². The number of rotatable bonds is 4. The Morgan fingerprint density at radius 2 is 2.11 bits per heavy atom. The summed E-state index contributed by atoms with van der Waals surface area (Å²) in [4.78, 5) is 20.1. The highest BCUT2D eigenvalue weighted by Crippen LogP contribution is 2.09. The molecule has 1 heterocycles. The molecule has 0 saturated carbocycles. The number of ether oxygens (including phenoxy) is 1. The van der Waals surface area contributed by atoms with Crippen LogP contribution in [0.5, 0.6) is 0 Å². The molecule has 0 amide bonds. The normalized spacial score (nSPS) is 12.3. The summed E-state index contributed by atoms with van der Waals surface area (Å²) in [5.41, 5.74) is 8.05. The molecular formula is C13H15N3O2. The molecular weight excluding hydrogens is 230 g/mol. The maximum Gasteiger partial charge on any atom is 0.323 e. The largest absolute Gasteiger partial charge is 0.465 e. The fraction of sp³-hybridized carbons (Fsp3) is 0.308. The van der Waals surface area contributed by atoms with Gasteiger partial charge in [-0.3, -0.25) is 9.78 Å². The number of para-hydroxylation sites is 2. The number of aromatic nitrogens is 2. The Hall–Kier alpha value is -2.01. The number of carbonyl (C=O) groups excluding carboxylic acids is 1. The van der Waals surface area contributed by atoms with Crippen LogP contribution in [-0.2, 0) is 16.0 Å². The molecule has 18 heavy (non-hydrogen) atoms. The molecule has 0 aliphatic rings. The Labute approximate surface area is 105 Å². The number of carbonyl (C=O) groups is 1. The minimum Gasteiger partial charge on any atom is -0.465 e. The van der Waals surface area contributed by atoms with Crippen LogP contribution >= 0.6 is 0 Å². The van der Waals surface area contributed by atoms with Gasteiger partial charge in [0.2, 0.25) is 0 Å². The molecule has 0 spiro atoms. The van der Waals surface area contributed by atoms with E-state index in [9.17, 15) is 4.79 Å². The van der Waals surface area contributed by atoms with Crippen molar-refractivity contribution in [3.05, 3.63) is 36.2 Å². The smallest absolute Gasteiger partial charge is 0.323 e. The standard InChI is InChI=1S/C13H15N3O2/c1-2-18-13(17)10(14)7-9-8-15-11-5-3-4-6-12(11)16-9/h3-6,8,10H,2,7,14H2,1H3. The second-order valence-electron chi connectivity index (χ2n) is 3.91. The Morgan fingerprint density at radius 1 is 1.39 bits per heavy atom. The number of hydrogen-bond donors (Lipinski definition) is 1. The number of benzene rings is 1. The van der Waals surface area contributed by atoms with E-state index in [2.05, 4.69) is 9.97 Å². The first kappa shape index (κ1) is 12.4. The number of hydrogen-bond acceptors (Lipinski definition) is 5. The van der Waals surface area contributed by atoms with Crippen LogP contribution in [-0.4, -0.2) is 28.6 Å². The van der Waals surface area contributed by atoms with Crippen molar-refractivity contribution in [1.29, 1.82) is 0 Å². The molecule has 0 aliphatic carbocycles. The highest BCUT2D eigenvalue weighted by Gasteiger charge is 2.16. The van der Waals surface area contributed by atoms with E-state index >= 15 is 0 Å². The minimum atomic E-state index is -0.694. The van der Waals surface area contributed by atoms with E-state index in [0.717, 1.165) is 11.0 Å². The van der Waals surface area contributed by atoms with Gasteiger partial charge in [-0.2, -0.15) is 0 Å². The predicted molar refractivity (Wildman–Crippen MR) is 67.9 cm³/mol. The van der Waals surface area contributed by atoms with Crippen molar-refractivity contribution in [2.75, 3.05) is 6.61 Å². The monoisotopic (exact) mass is 245 g/mol. The predicted octanol–water partition coefficient (Wildman–Crippen LogP) is 1.06. The van der Waals surface area contributed by atoms with Gasteiger partial charge >= 0.3 is 5.97 Å². The molecule has 2 rings (SSSR count). The van der Waals surface area contributed by atoms with Gasteiger partial charge in [-0.1, -0.05) is 12.1 Å². The van der Waals surface area contributed by atoms with Crippen molar-refractivity contribution in [1.82, 2.24) is 9.97 Å². The van der Waals surface area contributed by atoms with Gasteiger partial charge in [0.15, 0.2) is 0 Å². The molecule has 5 nitrogen and oxygen atoms in total. The molecule has 0 aliphatic heterocycles. The molecule has 0 saturated heterocycles. The molecule has 0 radical (unpaired) electrons. The van der Waals surface area contributed by atoms with Gasteiger partial charge in [0.25, 0.3) is 0 Å². The maximum atomic E-state index is 11.4. The van der Waals surface area contributed by atoms with E-state index in [-0.39, 0.29) is 0 Å². The Morgan fingerprint density at radius 3 is 2.83 bits per heavy atom. The lowest BCUT2D eigenvalue weighted by Gasteiger charge is -2.09. The van der Waals surface area contributed by atoms with Gasteiger partial charge < -0.3 is 10.5 Å². The fourth-order valence-corrected chi connectivity index (χ4v) is 1.65. The van der Waals surface area contributed by atoms with Crippen LogP contribution in [0.4, 0.5) is 0 Å². The topological polar surface area (TPSA) is 78.1 Å².